The number of hydrogen-bond acceptors (Lipinski definition) is 0. The van der Waals surface area contributed by atoms with E-state index in [2.05, 4.69) is 6.08 Å². The van der Waals surface area contributed by atoms with Crippen LogP contribution in [0.15, 0.2) is 22.8 Å². The van der Waals surface area contributed by atoms with Crippen LogP contribution in [0.1, 0.15) is 32.1 Å². The number of hydrogen-bond donors (Lipinski definition) is 0. The summed E-state index contributed by atoms with van der Waals surface area (Å²) in [4.78, 5) is 0. The fraction of sp³-hybridized carbons (Fsp3) is 0.667. The quantitative estimate of drug-likeness (QED) is 0.550. The Balaban J connectivity index is 1.68. The van der Waals surface area contributed by atoms with Crippen LogP contribution in [-0.4, -0.2) is 0 Å². The van der Waals surface area contributed by atoms with Crippen LogP contribution in [0.3, 0.4) is 0 Å². The van der Waals surface area contributed by atoms with Gasteiger partial charge in [0.05, 0.1) is 0 Å². The molecule has 0 aromatic rings. The molecule has 0 saturated heterocycles. The highest BCUT2D eigenvalue weighted by atomic mass is 14.5. The van der Waals surface area contributed by atoms with E-state index in [1.165, 1.54) is 32.1 Å². The Hall–Kier alpha value is -0.520. The minimum absolute atomic E-state index is 0.998. The van der Waals surface area contributed by atoms with Gasteiger partial charge in [0.25, 0.3) is 0 Å². The van der Waals surface area contributed by atoms with E-state index in [9.17, 15) is 0 Å². The fourth-order valence-electron chi connectivity index (χ4n) is 3.47. The third-order valence-electron chi connectivity index (χ3n) is 4.40. The molecule has 0 aromatic carbocycles. The molecule has 0 heterocycles. The van der Waals surface area contributed by atoms with Gasteiger partial charge in [-0.15, -0.1) is 0 Å². The van der Waals surface area contributed by atoms with Crippen molar-refractivity contribution in [1.82, 2.24) is 0 Å². The van der Waals surface area contributed by atoms with Crippen molar-refractivity contribution in [3.05, 3.63) is 22.8 Å². The van der Waals surface area contributed by atoms with E-state index in [1.54, 1.807) is 5.57 Å². The van der Waals surface area contributed by atoms with Crippen molar-refractivity contribution in [3.8, 4) is 0 Å². The predicted octanol–water partition coefficient (Wildman–Crippen LogP) is 3.06. The smallest absolute Gasteiger partial charge is 0.00569 e. The Labute approximate surface area is 73.4 Å². The summed E-state index contributed by atoms with van der Waals surface area (Å²) < 4.78 is 0. The van der Waals surface area contributed by atoms with Crippen LogP contribution in [-0.2, 0) is 0 Å². The van der Waals surface area contributed by atoms with Gasteiger partial charge in [-0.2, -0.15) is 0 Å². The van der Waals surface area contributed by atoms with Gasteiger partial charge in [0.1, 0.15) is 0 Å². The number of fused-ring (bicyclic) bond motifs is 2. The third kappa shape index (κ3) is 0.512. The van der Waals surface area contributed by atoms with Crippen LogP contribution in [0.25, 0.3) is 0 Å². The zero-order valence-electron chi connectivity index (χ0n) is 7.34. The lowest BCUT2D eigenvalue weighted by atomic mass is 9.60. The summed E-state index contributed by atoms with van der Waals surface area (Å²) in [6, 6.07) is 0. The molecule has 4 aliphatic carbocycles. The molecule has 0 spiro atoms. The van der Waals surface area contributed by atoms with Crippen LogP contribution >= 0.6 is 0 Å². The standard InChI is InChI=1S/C12H14/c1-2-9-10(3-1)12(9)11-6-7-4-5-8(7)11/h6-9H,1-5H2. The lowest BCUT2D eigenvalue weighted by molar-refractivity contribution is 0.230. The van der Waals surface area contributed by atoms with Gasteiger partial charge < -0.3 is 0 Å². The molecule has 2 saturated carbocycles. The molecule has 0 aliphatic heterocycles. The topological polar surface area (TPSA) is 0 Å². The van der Waals surface area contributed by atoms with E-state index in [1.807, 2.05) is 11.1 Å². The molecule has 4 aliphatic rings. The van der Waals surface area contributed by atoms with Gasteiger partial charge in [0, 0.05) is 5.92 Å². The Morgan fingerprint density at radius 2 is 2.17 bits per heavy atom. The van der Waals surface area contributed by atoms with E-state index in [-0.39, 0.29) is 0 Å². The summed E-state index contributed by atoms with van der Waals surface area (Å²) in [5, 5.41) is 0. The molecule has 0 bridgehead atoms. The number of rotatable bonds is 1. The maximum atomic E-state index is 2.56. The highest BCUT2D eigenvalue weighted by molar-refractivity contribution is 5.60. The molecule has 0 heteroatoms. The normalized spacial score (nSPS) is 47.3. The van der Waals surface area contributed by atoms with Gasteiger partial charge >= 0.3 is 0 Å². The first-order valence-corrected chi connectivity index (χ1v) is 5.40. The predicted molar refractivity (Wildman–Crippen MR) is 48.7 cm³/mol. The summed E-state index contributed by atoms with van der Waals surface area (Å²) >= 11 is 0. The second-order valence-corrected chi connectivity index (χ2v) is 4.85. The van der Waals surface area contributed by atoms with Crippen LogP contribution < -0.4 is 0 Å². The molecule has 12 heavy (non-hydrogen) atoms. The molecule has 0 nitrogen and oxygen atoms in total. The Kier molecular flexibility index (Phi) is 0.856. The molecule has 0 amide bonds. The van der Waals surface area contributed by atoms with Crippen molar-refractivity contribution in [2.24, 2.45) is 17.8 Å². The molecular formula is C12H14. The Morgan fingerprint density at radius 1 is 1.17 bits per heavy atom. The summed E-state index contributed by atoms with van der Waals surface area (Å²) in [5.74, 6) is 3.06. The van der Waals surface area contributed by atoms with Gasteiger partial charge in [0.15, 0.2) is 0 Å². The van der Waals surface area contributed by atoms with Crippen molar-refractivity contribution < 1.29 is 0 Å². The average Bonchev–Trinajstić information content (AvgIpc) is 2.52. The zero-order valence-corrected chi connectivity index (χ0v) is 7.34. The van der Waals surface area contributed by atoms with Gasteiger partial charge in [0.2, 0.25) is 0 Å². The van der Waals surface area contributed by atoms with E-state index >= 15 is 0 Å². The largest absolute Gasteiger partial charge is 0.0770 e. The minimum Gasteiger partial charge on any atom is -0.0770 e. The van der Waals surface area contributed by atoms with Crippen molar-refractivity contribution in [1.29, 1.82) is 0 Å². The van der Waals surface area contributed by atoms with Gasteiger partial charge in [-0.3, -0.25) is 0 Å². The molecule has 4 rings (SSSR count). The summed E-state index contributed by atoms with van der Waals surface area (Å²) in [6.07, 6.45) is 9.95. The van der Waals surface area contributed by atoms with Crippen LogP contribution in [0, 0.1) is 17.8 Å². The second kappa shape index (κ2) is 1.71. The second-order valence-electron chi connectivity index (χ2n) is 4.85. The molecular weight excluding hydrogens is 144 g/mol. The van der Waals surface area contributed by atoms with Crippen molar-refractivity contribution in [3.63, 3.8) is 0 Å². The fourth-order valence-corrected chi connectivity index (χ4v) is 3.47. The van der Waals surface area contributed by atoms with Gasteiger partial charge in [-0.1, -0.05) is 11.6 Å². The Bertz CT molecular complexity index is 319. The lowest BCUT2D eigenvalue weighted by Crippen LogP contribution is -2.34. The first-order chi connectivity index (χ1) is 5.95. The van der Waals surface area contributed by atoms with E-state index in [4.69, 9.17) is 0 Å². The molecule has 3 unspecified atom stereocenters. The highest BCUT2D eigenvalue weighted by Gasteiger charge is 2.49. The maximum Gasteiger partial charge on any atom is 0.00569 e. The summed E-state index contributed by atoms with van der Waals surface area (Å²) in [7, 11) is 0. The molecule has 2 fully saturated rings. The van der Waals surface area contributed by atoms with E-state index in [0.717, 1.165) is 17.8 Å². The monoisotopic (exact) mass is 158 g/mol. The van der Waals surface area contributed by atoms with Crippen molar-refractivity contribution in [2.45, 2.75) is 32.1 Å². The van der Waals surface area contributed by atoms with Crippen molar-refractivity contribution >= 4 is 0 Å². The lowest BCUT2D eigenvalue weighted by Gasteiger charge is -2.45. The third-order valence-corrected chi connectivity index (χ3v) is 4.40. The van der Waals surface area contributed by atoms with E-state index in [0.29, 0.717) is 0 Å². The first kappa shape index (κ1) is 6.01. The minimum atomic E-state index is 0.998. The molecule has 0 N–H and O–H groups in total. The maximum absolute atomic E-state index is 2.56. The molecule has 0 aromatic heterocycles. The van der Waals surface area contributed by atoms with Gasteiger partial charge in [-0.25, -0.2) is 0 Å². The van der Waals surface area contributed by atoms with Crippen LogP contribution in [0.4, 0.5) is 0 Å². The SMILES string of the molecule is C1=C(C2=C3CCCC32)C2CCC12. The number of allylic oxidation sites excluding steroid dienone is 4. The Morgan fingerprint density at radius 3 is 2.67 bits per heavy atom. The summed E-state index contributed by atoms with van der Waals surface area (Å²) in [5.41, 5.74) is 5.49. The van der Waals surface area contributed by atoms with Crippen molar-refractivity contribution in [2.75, 3.05) is 0 Å². The highest BCUT2D eigenvalue weighted by Crippen LogP contribution is 2.62. The van der Waals surface area contributed by atoms with E-state index < -0.39 is 0 Å². The molecule has 3 atom stereocenters. The zero-order chi connectivity index (χ0) is 7.71. The average molecular weight is 158 g/mol. The molecule has 62 valence electrons. The van der Waals surface area contributed by atoms with Crippen LogP contribution in [0.2, 0.25) is 0 Å². The molecule has 0 radical (unpaired) electrons. The van der Waals surface area contributed by atoms with Crippen LogP contribution in [0.5, 0.6) is 0 Å². The summed E-state index contributed by atoms with van der Waals surface area (Å²) in [6.45, 7) is 0. The van der Waals surface area contributed by atoms with Gasteiger partial charge in [-0.05, 0) is 55.1 Å². The first-order valence-electron chi connectivity index (χ1n) is 5.40.